The number of fused-ring (bicyclic) bond motifs is 1. The molecule has 1 heterocycles. The molecule has 0 fully saturated rings. The van der Waals surface area contributed by atoms with Gasteiger partial charge < -0.3 is 0 Å². The summed E-state index contributed by atoms with van der Waals surface area (Å²) in [6.07, 6.45) is 0. The zero-order valence-electron chi connectivity index (χ0n) is 17.6. The topological polar surface area (TPSA) is 68.2 Å². The molecule has 0 saturated heterocycles. The predicted molar refractivity (Wildman–Crippen MR) is 144 cm³/mol. The van der Waals surface area contributed by atoms with Gasteiger partial charge in [-0.2, -0.15) is 11.8 Å². The molecule has 11 heteroatoms. The van der Waals surface area contributed by atoms with Crippen LogP contribution >= 0.6 is 57.9 Å². The maximum absolute atomic E-state index is 12.8. The lowest BCUT2D eigenvalue weighted by Crippen LogP contribution is -2.26. The van der Waals surface area contributed by atoms with Gasteiger partial charge in [0.2, 0.25) is 10.0 Å². The molecule has 0 radical (unpaired) electrons. The van der Waals surface area contributed by atoms with Crippen molar-refractivity contribution in [3.05, 3.63) is 96.5 Å². The molecule has 3 aromatic carbocycles. The van der Waals surface area contributed by atoms with Crippen molar-refractivity contribution in [1.29, 1.82) is 0 Å². The van der Waals surface area contributed by atoms with Crippen LogP contribution in [0.5, 0.6) is 0 Å². The van der Waals surface area contributed by atoms with Crippen molar-refractivity contribution in [1.82, 2.24) is 9.29 Å². The molecular weight excluding hydrogens is 555 g/mol. The first kappa shape index (κ1) is 25.6. The minimum atomic E-state index is -3.71. The molecule has 0 bridgehead atoms. The van der Waals surface area contributed by atoms with Crippen molar-refractivity contribution in [2.45, 2.75) is 17.2 Å². The standard InChI is InChI=1S/C23H19Cl3N2O3S3/c24-17-6-5-16(20(26)11-17)14-32-10-9-27-34(30,31)18-7-8-21-22(12-18)33-23(29)28(21)13-15-3-1-2-4-19(15)25/h1-8,11-12,27H,9-10,13-14H2. The molecular formula is C23H19Cl3N2O3S3. The van der Waals surface area contributed by atoms with E-state index in [-0.39, 0.29) is 16.3 Å². The van der Waals surface area contributed by atoms with Gasteiger partial charge in [0.05, 0.1) is 21.7 Å². The van der Waals surface area contributed by atoms with Crippen molar-refractivity contribution >= 4 is 78.1 Å². The molecule has 1 N–H and O–H groups in total. The zero-order valence-corrected chi connectivity index (χ0v) is 22.3. The number of nitrogens with zero attached hydrogens (tertiary/aromatic N) is 1. The number of hydrogen-bond acceptors (Lipinski definition) is 5. The molecule has 178 valence electrons. The lowest BCUT2D eigenvalue weighted by Gasteiger charge is -2.09. The Bertz CT molecular complexity index is 1500. The van der Waals surface area contributed by atoms with Crippen LogP contribution in [0.4, 0.5) is 0 Å². The first-order chi connectivity index (χ1) is 16.2. The Morgan fingerprint density at radius 1 is 0.941 bits per heavy atom. The number of hydrogen-bond donors (Lipinski definition) is 1. The normalized spacial score (nSPS) is 11.9. The first-order valence-corrected chi connectivity index (χ1v) is 14.7. The summed E-state index contributed by atoms with van der Waals surface area (Å²) in [6.45, 7) is 0.581. The lowest BCUT2D eigenvalue weighted by molar-refractivity contribution is 0.584. The second kappa shape index (κ2) is 11.0. The first-order valence-electron chi connectivity index (χ1n) is 10.1. The zero-order chi connectivity index (χ0) is 24.3. The van der Waals surface area contributed by atoms with Crippen LogP contribution in [0.3, 0.4) is 0 Å². The largest absolute Gasteiger partial charge is 0.308 e. The third-order valence-electron chi connectivity index (χ3n) is 5.05. The highest BCUT2D eigenvalue weighted by molar-refractivity contribution is 7.98. The van der Waals surface area contributed by atoms with Crippen LogP contribution in [-0.4, -0.2) is 25.3 Å². The Hall–Kier alpha value is -1.52. The van der Waals surface area contributed by atoms with Crippen LogP contribution in [0.1, 0.15) is 11.1 Å². The fourth-order valence-corrected chi connectivity index (χ4v) is 7.12. The van der Waals surface area contributed by atoms with Gasteiger partial charge in [-0.25, -0.2) is 13.1 Å². The second-order valence-electron chi connectivity index (χ2n) is 7.36. The van der Waals surface area contributed by atoms with E-state index in [0.717, 1.165) is 22.5 Å². The SMILES string of the molecule is O=c1sc2cc(S(=O)(=O)NCCSCc3ccc(Cl)cc3Cl)ccc2n1Cc1ccccc1Cl. The van der Waals surface area contributed by atoms with E-state index in [1.54, 1.807) is 40.6 Å². The molecule has 0 unspecified atom stereocenters. The summed E-state index contributed by atoms with van der Waals surface area (Å²) in [7, 11) is -3.71. The second-order valence-corrected chi connectivity index (χ2v) is 12.5. The van der Waals surface area contributed by atoms with E-state index in [2.05, 4.69) is 4.72 Å². The molecule has 0 atom stereocenters. The maximum atomic E-state index is 12.8. The number of thiazole rings is 1. The van der Waals surface area contributed by atoms with Gasteiger partial charge in [0.25, 0.3) is 0 Å². The quantitative estimate of drug-likeness (QED) is 0.239. The summed E-state index contributed by atoms with van der Waals surface area (Å²) in [5.41, 5.74) is 2.44. The average Bonchev–Trinajstić information content (AvgIpc) is 3.10. The number of aromatic nitrogens is 1. The number of nitrogens with one attached hydrogen (secondary N) is 1. The third-order valence-corrected chi connectivity index (χ3v) is 9.41. The van der Waals surface area contributed by atoms with Crippen molar-refractivity contribution in [3.63, 3.8) is 0 Å². The summed E-state index contributed by atoms with van der Waals surface area (Å²) in [5.74, 6) is 1.22. The molecule has 0 saturated carbocycles. The van der Waals surface area contributed by atoms with Gasteiger partial charge in [0.1, 0.15) is 0 Å². The third kappa shape index (κ3) is 5.99. The van der Waals surface area contributed by atoms with E-state index in [1.165, 1.54) is 12.1 Å². The highest BCUT2D eigenvalue weighted by Gasteiger charge is 2.17. The Morgan fingerprint density at radius 2 is 1.74 bits per heavy atom. The average molecular weight is 574 g/mol. The Labute approximate surface area is 220 Å². The van der Waals surface area contributed by atoms with Crippen LogP contribution in [0.15, 0.2) is 70.4 Å². The fourth-order valence-electron chi connectivity index (χ4n) is 3.31. The number of sulfonamides is 1. The van der Waals surface area contributed by atoms with Gasteiger partial charge in [-0.3, -0.25) is 9.36 Å². The maximum Gasteiger partial charge on any atom is 0.308 e. The lowest BCUT2D eigenvalue weighted by atomic mass is 10.2. The van der Waals surface area contributed by atoms with E-state index in [9.17, 15) is 13.2 Å². The van der Waals surface area contributed by atoms with Crippen LogP contribution in [-0.2, 0) is 22.3 Å². The van der Waals surface area contributed by atoms with Crippen molar-refractivity contribution < 1.29 is 8.42 Å². The van der Waals surface area contributed by atoms with Crippen molar-refractivity contribution in [2.75, 3.05) is 12.3 Å². The minimum absolute atomic E-state index is 0.122. The van der Waals surface area contributed by atoms with Crippen LogP contribution in [0.2, 0.25) is 15.1 Å². The van der Waals surface area contributed by atoms with Crippen LogP contribution in [0, 0.1) is 0 Å². The summed E-state index contributed by atoms with van der Waals surface area (Å²) < 4.78 is 30.4. The molecule has 34 heavy (non-hydrogen) atoms. The highest BCUT2D eigenvalue weighted by atomic mass is 35.5. The van der Waals surface area contributed by atoms with Crippen LogP contribution < -0.4 is 9.60 Å². The molecule has 4 rings (SSSR count). The van der Waals surface area contributed by atoms with E-state index in [0.29, 0.717) is 43.3 Å². The smallest absolute Gasteiger partial charge is 0.294 e. The number of benzene rings is 3. The van der Waals surface area contributed by atoms with E-state index < -0.39 is 10.0 Å². The number of thioether (sulfide) groups is 1. The predicted octanol–water partition coefficient (Wildman–Crippen LogP) is 6.28. The Balaban J connectivity index is 1.41. The molecule has 0 aliphatic rings. The molecule has 0 aliphatic heterocycles. The van der Waals surface area contributed by atoms with Gasteiger partial charge in [-0.1, -0.05) is 70.4 Å². The molecule has 5 nitrogen and oxygen atoms in total. The summed E-state index contributed by atoms with van der Waals surface area (Å²) in [5, 5.41) is 1.75. The van der Waals surface area contributed by atoms with Gasteiger partial charge in [0.15, 0.2) is 0 Å². The van der Waals surface area contributed by atoms with Crippen molar-refractivity contribution in [2.24, 2.45) is 0 Å². The van der Waals surface area contributed by atoms with Crippen LogP contribution in [0.25, 0.3) is 10.2 Å². The van der Waals surface area contributed by atoms with E-state index >= 15 is 0 Å². The van der Waals surface area contributed by atoms with E-state index in [1.807, 2.05) is 24.3 Å². The highest BCUT2D eigenvalue weighted by Crippen LogP contribution is 2.26. The monoisotopic (exact) mass is 572 g/mol. The van der Waals surface area contributed by atoms with Crippen molar-refractivity contribution in [3.8, 4) is 0 Å². The van der Waals surface area contributed by atoms with Gasteiger partial charge in [-0.05, 0) is 47.5 Å². The Morgan fingerprint density at radius 3 is 2.50 bits per heavy atom. The van der Waals surface area contributed by atoms with Gasteiger partial charge >= 0.3 is 4.87 Å². The van der Waals surface area contributed by atoms with E-state index in [4.69, 9.17) is 34.8 Å². The summed E-state index contributed by atoms with van der Waals surface area (Å²) in [4.78, 5) is 12.5. The van der Waals surface area contributed by atoms with Gasteiger partial charge in [0, 0.05) is 33.1 Å². The minimum Gasteiger partial charge on any atom is -0.294 e. The molecule has 1 aromatic heterocycles. The summed E-state index contributed by atoms with van der Waals surface area (Å²) in [6, 6.07) is 17.4. The molecule has 0 aliphatic carbocycles. The summed E-state index contributed by atoms with van der Waals surface area (Å²) >= 11 is 20.9. The Kier molecular flexibility index (Phi) is 8.30. The number of rotatable bonds is 9. The number of halogens is 3. The van der Waals surface area contributed by atoms with Gasteiger partial charge in [-0.15, -0.1) is 0 Å². The molecule has 4 aromatic rings. The fraction of sp³-hybridized carbons (Fsp3) is 0.174. The molecule has 0 amide bonds. The molecule has 0 spiro atoms.